The Hall–Kier alpha value is -0.540. The highest BCUT2D eigenvalue weighted by atomic mass is 32.2. The molecule has 82 valence electrons. The summed E-state index contributed by atoms with van der Waals surface area (Å²) >= 11 is 1.68. The van der Waals surface area contributed by atoms with Crippen molar-refractivity contribution in [2.24, 2.45) is 0 Å². The van der Waals surface area contributed by atoms with E-state index in [1.54, 1.807) is 23.9 Å². The zero-order valence-electron chi connectivity index (χ0n) is 9.09. The second-order valence-electron chi connectivity index (χ2n) is 3.87. The lowest BCUT2D eigenvalue weighted by molar-refractivity contribution is 0.536. The quantitative estimate of drug-likeness (QED) is 0.846. The van der Waals surface area contributed by atoms with Gasteiger partial charge in [-0.15, -0.1) is 11.8 Å². The average Bonchev–Trinajstić information content (AvgIpc) is 2.58. The summed E-state index contributed by atoms with van der Waals surface area (Å²) in [7, 11) is 1.95. The van der Waals surface area contributed by atoms with Crippen LogP contribution in [0.25, 0.3) is 0 Å². The third-order valence-electron chi connectivity index (χ3n) is 2.86. The van der Waals surface area contributed by atoms with E-state index >= 15 is 0 Å². The van der Waals surface area contributed by atoms with E-state index in [1.807, 2.05) is 13.1 Å². The Morgan fingerprint density at radius 3 is 2.93 bits per heavy atom. The van der Waals surface area contributed by atoms with Crippen molar-refractivity contribution in [3.8, 4) is 0 Å². The first-order chi connectivity index (χ1) is 7.27. The van der Waals surface area contributed by atoms with E-state index in [1.165, 1.54) is 0 Å². The summed E-state index contributed by atoms with van der Waals surface area (Å²) in [5, 5.41) is 3.77. The van der Waals surface area contributed by atoms with E-state index in [9.17, 15) is 4.39 Å². The molecule has 0 saturated heterocycles. The summed E-state index contributed by atoms with van der Waals surface area (Å²) < 4.78 is 13.6. The Morgan fingerprint density at radius 2 is 2.27 bits per heavy atom. The van der Waals surface area contributed by atoms with E-state index in [4.69, 9.17) is 0 Å². The standard InChI is InChI=1S/C12H16FNS/c1-3-5-10-11(14-2)8-6-4-7-9(13)12(8)15-10/h4,6-7,10-11,14H,3,5H2,1-2H3. The van der Waals surface area contributed by atoms with E-state index in [-0.39, 0.29) is 5.82 Å². The van der Waals surface area contributed by atoms with Gasteiger partial charge in [-0.25, -0.2) is 4.39 Å². The predicted molar refractivity (Wildman–Crippen MR) is 62.8 cm³/mol. The van der Waals surface area contributed by atoms with Gasteiger partial charge in [0.05, 0.1) is 0 Å². The highest BCUT2D eigenvalue weighted by Gasteiger charge is 2.33. The highest BCUT2D eigenvalue weighted by Crippen LogP contribution is 2.46. The third-order valence-corrected chi connectivity index (χ3v) is 4.33. The van der Waals surface area contributed by atoms with Crippen molar-refractivity contribution in [3.05, 3.63) is 29.6 Å². The molecule has 1 aromatic rings. The molecule has 2 unspecified atom stereocenters. The van der Waals surface area contributed by atoms with Crippen molar-refractivity contribution >= 4 is 11.8 Å². The molecule has 0 radical (unpaired) electrons. The molecule has 1 aliphatic heterocycles. The molecule has 0 bridgehead atoms. The van der Waals surface area contributed by atoms with Crippen LogP contribution in [-0.2, 0) is 0 Å². The van der Waals surface area contributed by atoms with Crippen LogP contribution in [0.3, 0.4) is 0 Å². The number of nitrogens with one attached hydrogen (secondary N) is 1. The Kier molecular flexibility index (Phi) is 3.32. The molecule has 2 atom stereocenters. The fourth-order valence-corrected chi connectivity index (χ4v) is 3.75. The molecule has 1 aromatic carbocycles. The van der Waals surface area contributed by atoms with Gasteiger partial charge in [-0.3, -0.25) is 0 Å². The van der Waals surface area contributed by atoms with Crippen molar-refractivity contribution < 1.29 is 4.39 Å². The minimum atomic E-state index is -0.0728. The molecule has 0 aromatic heterocycles. The first-order valence-corrected chi connectivity index (χ1v) is 6.28. The molecule has 0 amide bonds. The van der Waals surface area contributed by atoms with Crippen molar-refractivity contribution in [3.63, 3.8) is 0 Å². The smallest absolute Gasteiger partial charge is 0.137 e. The van der Waals surface area contributed by atoms with Gasteiger partial charge in [0, 0.05) is 16.2 Å². The summed E-state index contributed by atoms with van der Waals surface area (Å²) in [5.41, 5.74) is 1.13. The fraction of sp³-hybridized carbons (Fsp3) is 0.500. The fourth-order valence-electron chi connectivity index (χ4n) is 2.17. The number of thioether (sulfide) groups is 1. The molecule has 0 aliphatic carbocycles. The van der Waals surface area contributed by atoms with Gasteiger partial charge in [0.15, 0.2) is 0 Å². The summed E-state index contributed by atoms with van der Waals surface area (Å²) in [6.07, 6.45) is 2.27. The molecular formula is C12H16FNS. The van der Waals surface area contributed by atoms with Crippen molar-refractivity contribution in [1.82, 2.24) is 5.32 Å². The Morgan fingerprint density at radius 1 is 1.47 bits per heavy atom. The highest BCUT2D eigenvalue weighted by molar-refractivity contribution is 8.00. The van der Waals surface area contributed by atoms with E-state index in [0.717, 1.165) is 23.3 Å². The third kappa shape index (κ3) is 1.91. The van der Waals surface area contributed by atoms with Gasteiger partial charge in [-0.1, -0.05) is 25.5 Å². The topological polar surface area (TPSA) is 12.0 Å². The maximum atomic E-state index is 13.6. The number of fused-ring (bicyclic) bond motifs is 1. The molecule has 3 heteroatoms. The molecule has 0 spiro atoms. The molecule has 15 heavy (non-hydrogen) atoms. The van der Waals surface area contributed by atoms with Gasteiger partial charge in [-0.05, 0) is 25.1 Å². The molecule has 0 fully saturated rings. The normalized spacial score (nSPS) is 24.2. The SMILES string of the molecule is CCCC1Sc2c(F)cccc2C1NC. The predicted octanol–water partition coefficient (Wildman–Crippen LogP) is 3.36. The van der Waals surface area contributed by atoms with Crippen molar-refractivity contribution in [1.29, 1.82) is 0 Å². The Labute approximate surface area is 94.5 Å². The average molecular weight is 225 g/mol. The first-order valence-electron chi connectivity index (χ1n) is 5.40. The molecule has 1 aliphatic rings. The second kappa shape index (κ2) is 4.54. The second-order valence-corrected chi connectivity index (χ2v) is 5.12. The van der Waals surface area contributed by atoms with E-state index in [2.05, 4.69) is 12.2 Å². The zero-order chi connectivity index (χ0) is 10.8. The Bertz CT molecular complexity index is 353. The van der Waals surface area contributed by atoms with Crippen molar-refractivity contribution in [2.45, 2.75) is 36.0 Å². The molecule has 1 heterocycles. The number of rotatable bonds is 3. The van der Waals surface area contributed by atoms with Crippen LogP contribution in [0.1, 0.15) is 31.4 Å². The molecule has 0 saturated carbocycles. The van der Waals surface area contributed by atoms with Gasteiger partial charge in [-0.2, -0.15) is 0 Å². The Balaban J connectivity index is 2.32. The van der Waals surface area contributed by atoms with E-state index in [0.29, 0.717) is 11.3 Å². The zero-order valence-corrected chi connectivity index (χ0v) is 9.90. The number of halogens is 1. The van der Waals surface area contributed by atoms with Crippen LogP contribution in [0.5, 0.6) is 0 Å². The van der Waals surface area contributed by atoms with Crippen LogP contribution in [0, 0.1) is 5.82 Å². The molecular weight excluding hydrogens is 209 g/mol. The molecule has 1 N–H and O–H groups in total. The number of hydrogen-bond acceptors (Lipinski definition) is 2. The summed E-state index contributed by atoms with van der Waals surface area (Å²) in [6, 6.07) is 5.68. The summed E-state index contributed by atoms with van der Waals surface area (Å²) in [6.45, 7) is 2.17. The van der Waals surface area contributed by atoms with Crippen LogP contribution in [0.4, 0.5) is 4.39 Å². The largest absolute Gasteiger partial charge is 0.312 e. The van der Waals surface area contributed by atoms with Gasteiger partial charge in [0.25, 0.3) is 0 Å². The minimum absolute atomic E-state index is 0.0728. The monoisotopic (exact) mass is 225 g/mol. The summed E-state index contributed by atoms with van der Waals surface area (Å²) in [5.74, 6) is -0.0728. The van der Waals surface area contributed by atoms with E-state index < -0.39 is 0 Å². The summed E-state index contributed by atoms with van der Waals surface area (Å²) in [4.78, 5) is 0.843. The molecule has 1 nitrogen and oxygen atoms in total. The minimum Gasteiger partial charge on any atom is -0.312 e. The van der Waals surface area contributed by atoms with Gasteiger partial charge in [0.1, 0.15) is 5.82 Å². The molecule has 2 rings (SSSR count). The van der Waals surface area contributed by atoms with Crippen LogP contribution in [-0.4, -0.2) is 12.3 Å². The number of benzene rings is 1. The van der Waals surface area contributed by atoms with Crippen LogP contribution < -0.4 is 5.32 Å². The lowest BCUT2D eigenvalue weighted by atomic mass is 10.0. The first kappa shape index (κ1) is 11.0. The van der Waals surface area contributed by atoms with Gasteiger partial charge in [0.2, 0.25) is 0 Å². The lowest BCUT2D eigenvalue weighted by Crippen LogP contribution is -2.23. The van der Waals surface area contributed by atoms with Gasteiger partial charge < -0.3 is 5.32 Å². The number of hydrogen-bond donors (Lipinski definition) is 1. The van der Waals surface area contributed by atoms with Crippen LogP contribution in [0.2, 0.25) is 0 Å². The lowest BCUT2D eigenvalue weighted by Gasteiger charge is -2.17. The maximum Gasteiger partial charge on any atom is 0.137 e. The van der Waals surface area contributed by atoms with Crippen molar-refractivity contribution in [2.75, 3.05) is 7.05 Å². The van der Waals surface area contributed by atoms with Gasteiger partial charge >= 0.3 is 0 Å². The van der Waals surface area contributed by atoms with Crippen LogP contribution in [0.15, 0.2) is 23.1 Å². The van der Waals surface area contributed by atoms with Crippen LogP contribution >= 0.6 is 11.8 Å². The maximum absolute atomic E-state index is 13.6.